The lowest BCUT2D eigenvalue weighted by molar-refractivity contribution is -0.150. The van der Waals surface area contributed by atoms with Gasteiger partial charge >= 0.3 is 6.16 Å². The molecule has 6 nitrogen and oxygen atoms in total. The SMILES string of the molecule is CCOC(=O)ON1CCN([C@H]2CC[C@@H](N(Cc3ccccc3)Cc3ccccc3)CC2)CC1. The van der Waals surface area contributed by atoms with Crippen molar-refractivity contribution in [1.82, 2.24) is 14.9 Å². The zero-order valence-electron chi connectivity index (χ0n) is 19.8. The molecule has 2 aromatic rings. The van der Waals surface area contributed by atoms with Crippen molar-refractivity contribution in [3.8, 4) is 0 Å². The number of hydrogen-bond donors (Lipinski definition) is 0. The molecule has 0 bridgehead atoms. The fraction of sp³-hybridized carbons (Fsp3) is 0.519. The van der Waals surface area contributed by atoms with Crippen LogP contribution in [0.15, 0.2) is 60.7 Å². The smallest absolute Gasteiger partial charge is 0.433 e. The van der Waals surface area contributed by atoms with Crippen LogP contribution in [0, 0.1) is 0 Å². The van der Waals surface area contributed by atoms with Crippen LogP contribution in [-0.4, -0.2) is 65.9 Å². The zero-order valence-corrected chi connectivity index (χ0v) is 19.8. The minimum Gasteiger partial charge on any atom is -0.433 e. The lowest BCUT2D eigenvalue weighted by Crippen LogP contribution is -2.52. The molecule has 6 heteroatoms. The van der Waals surface area contributed by atoms with Crippen molar-refractivity contribution in [2.45, 2.75) is 57.8 Å². The summed E-state index contributed by atoms with van der Waals surface area (Å²) in [6.45, 7) is 7.48. The monoisotopic (exact) mass is 451 g/mol. The van der Waals surface area contributed by atoms with Crippen molar-refractivity contribution >= 4 is 6.16 Å². The van der Waals surface area contributed by atoms with Crippen LogP contribution in [0.3, 0.4) is 0 Å². The highest BCUT2D eigenvalue weighted by Gasteiger charge is 2.31. The van der Waals surface area contributed by atoms with Crippen LogP contribution in [0.25, 0.3) is 0 Å². The van der Waals surface area contributed by atoms with Crippen molar-refractivity contribution in [3.05, 3.63) is 71.8 Å². The summed E-state index contributed by atoms with van der Waals surface area (Å²) >= 11 is 0. The minimum absolute atomic E-state index is 0.341. The molecule has 1 aliphatic carbocycles. The van der Waals surface area contributed by atoms with Gasteiger partial charge in [0.1, 0.15) is 0 Å². The van der Waals surface area contributed by atoms with Gasteiger partial charge in [0.2, 0.25) is 0 Å². The predicted octanol–water partition coefficient (Wildman–Crippen LogP) is 4.71. The van der Waals surface area contributed by atoms with Gasteiger partial charge in [0, 0.05) is 51.4 Å². The second-order valence-electron chi connectivity index (χ2n) is 9.08. The normalized spacial score (nSPS) is 22.2. The van der Waals surface area contributed by atoms with Crippen LogP contribution in [0.1, 0.15) is 43.7 Å². The average molecular weight is 452 g/mol. The molecule has 1 aliphatic heterocycles. The maximum atomic E-state index is 11.6. The molecule has 33 heavy (non-hydrogen) atoms. The first kappa shape index (κ1) is 23.7. The molecule has 0 amide bonds. The van der Waals surface area contributed by atoms with E-state index in [1.165, 1.54) is 36.8 Å². The molecule has 2 aliphatic rings. The first-order valence-electron chi connectivity index (χ1n) is 12.4. The van der Waals surface area contributed by atoms with Crippen molar-refractivity contribution < 1.29 is 14.4 Å². The maximum absolute atomic E-state index is 11.6. The summed E-state index contributed by atoms with van der Waals surface area (Å²) in [4.78, 5) is 22.1. The quantitative estimate of drug-likeness (QED) is 0.542. The van der Waals surface area contributed by atoms with E-state index < -0.39 is 6.16 Å². The van der Waals surface area contributed by atoms with Crippen LogP contribution in [0.4, 0.5) is 4.79 Å². The maximum Gasteiger partial charge on any atom is 0.527 e. The standard InChI is InChI=1S/C27H37N3O3/c1-2-32-27(31)33-30-19-17-28(18-20-30)25-13-15-26(16-14-25)29(21-23-9-5-3-6-10-23)22-24-11-7-4-8-12-24/h3-12,25-26H,2,13-22H2,1H3/t25-,26+. The molecule has 1 heterocycles. The Morgan fingerprint density at radius 1 is 0.848 bits per heavy atom. The van der Waals surface area contributed by atoms with Crippen molar-refractivity contribution in [1.29, 1.82) is 0 Å². The van der Waals surface area contributed by atoms with Gasteiger partial charge in [-0.15, -0.1) is 5.06 Å². The predicted molar refractivity (Wildman–Crippen MR) is 129 cm³/mol. The largest absolute Gasteiger partial charge is 0.527 e. The van der Waals surface area contributed by atoms with E-state index in [0.29, 0.717) is 18.7 Å². The molecule has 0 atom stereocenters. The molecule has 0 unspecified atom stereocenters. The highest BCUT2D eigenvalue weighted by atomic mass is 16.8. The Morgan fingerprint density at radius 2 is 1.39 bits per heavy atom. The number of rotatable bonds is 8. The fourth-order valence-electron chi connectivity index (χ4n) is 5.15. The number of nitrogens with zero attached hydrogens (tertiary/aromatic N) is 3. The van der Waals surface area contributed by atoms with Gasteiger partial charge in [-0.1, -0.05) is 60.7 Å². The molecule has 0 spiro atoms. The number of hydrogen-bond acceptors (Lipinski definition) is 6. The summed E-state index contributed by atoms with van der Waals surface area (Å²) in [5.74, 6) is 0. The number of benzene rings is 2. The Labute approximate surface area is 198 Å². The van der Waals surface area contributed by atoms with E-state index in [4.69, 9.17) is 9.57 Å². The number of piperazine rings is 1. The molecule has 0 N–H and O–H groups in total. The summed E-state index contributed by atoms with van der Waals surface area (Å²) in [6, 6.07) is 22.9. The summed E-state index contributed by atoms with van der Waals surface area (Å²) in [6.07, 6.45) is 4.31. The molecule has 0 aromatic heterocycles. The van der Waals surface area contributed by atoms with Gasteiger partial charge in [0.15, 0.2) is 0 Å². The van der Waals surface area contributed by atoms with Gasteiger partial charge in [-0.2, -0.15) is 0 Å². The summed E-state index contributed by atoms with van der Waals surface area (Å²) < 4.78 is 4.89. The minimum atomic E-state index is -0.594. The number of ether oxygens (including phenoxy) is 1. The molecule has 2 fully saturated rings. The van der Waals surface area contributed by atoms with Crippen LogP contribution >= 0.6 is 0 Å². The van der Waals surface area contributed by atoms with E-state index in [1.54, 1.807) is 12.0 Å². The lowest BCUT2D eigenvalue weighted by atomic mass is 9.88. The van der Waals surface area contributed by atoms with Gasteiger partial charge in [0.25, 0.3) is 0 Å². The van der Waals surface area contributed by atoms with Gasteiger partial charge in [-0.25, -0.2) is 4.79 Å². The molecule has 1 saturated carbocycles. The van der Waals surface area contributed by atoms with Crippen LogP contribution in [-0.2, 0) is 22.7 Å². The molecule has 178 valence electrons. The molecule has 0 radical (unpaired) electrons. The lowest BCUT2D eigenvalue weighted by Gasteiger charge is -2.43. The Kier molecular flexibility index (Phi) is 8.75. The molecule has 4 rings (SSSR count). The molecule has 1 saturated heterocycles. The summed E-state index contributed by atoms with van der Waals surface area (Å²) in [5.41, 5.74) is 2.77. The van der Waals surface area contributed by atoms with Crippen LogP contribution < -0.4 is 0 Å². The number of hydroxylamine groups is 2. The van der Waals surface area contributed by atoms with Crippen molar-refractivity contribution in [2.75, 3.05) is 32.8 Å². The van der Waals surface area contributed by atoms with E-state index in [9.17, 15) is 4.79 Å². The molecular formula is C27H37N3O3. The first-order valence-corrected chi connectivity index (χ1v) is 12.4. The summed E-state index contributed by atoms with van der Waals surface area (Å²) in [7, 11) is 0. The molecular weight excluding hydrogens is 414 g/mol. The average Bonchev–Trinajstić information content (AvgIpc) is 2.86. The third kappa shape index (κ3) is 7.03. The van der Waals surface area contributed by atoms with Crippen LogP contribution in [0.5, 0.6) is 0 Å². The topological polar surface area (TPSA) is 45.3 Å². The molecule has 2 aromatic carbocycles. The Balaban J connectivity index is 1.29. The van der Waals surface area contributed by atoms with E-state index in [-0.39, 0.29) is 0 Å². The van der Waals surface area contributed by atoms with Crippen molar-refractivity contribution in [3.63, 3.8) is 0 Å². The highest BCUT2D eigenvalue weighted by molar-refractivity contribution is 5.59. The second kappa shape index (κ2) is 12.2. The zero-order chi connectivity index (χ0) is 22.9. The third-order valence-corrected chi connectivity index (χ3v) is 6.90. The Hall–Kier alpha value is -2.41. The number of carbonyl (C=O) groups is 1. The van der Waals surface area contributed by atoms with E-state index in [2.05, 4.69) is 70.5 Å². The second-order valence-corrected chi connectivity index (χ2v) is 9.08. The van der Waals surface area contributed by atoms with Gasteiger partial charge in [0.05, 0.1) is 6.61 Å². The summed E-state index contributed by atoms with van der Waals surface area (Å²) in [5, 5.41) is 1.74. The first-order chi connectivity index (χ1) is 16.2. The Bertz CT molecular complexity index is 791. The van der Waals surface area contributed by atoms with Crippen LogP contribution in [0.2, 0.25) is 0 Å². The van der Waals surface area contributed by atoms with Crippen molar-refractivity contribution in [2.24, 2.45) is 0 Å². The van der Waals surface area contributed by atoms with E-state index in [1.807, 2.05) is 0 Å². The van der Waals surface area contributed by atoms with Gasteiger partial charge < -0.3 is 9.57 Å². The van der Waals surface area contributed by atoms with E-state index in [0.717, 1.165) is 39.3 Å². The van der Waals surface area contributed by atoms with Gasteiger partial charge in [-0.3, -0.25) is 9.80 Å². The van der Waals surface area contributed by atoms with E-state index >= 15 is 0 Å². The Morgan fingerprint density at radius 3 is 1.91 bits per heavy atom. The number of carbonyl (C=O) groups excluding carboxylic acids is 1. The highest BCUT2D eigenvalue weighted by Crippen LogP contribution is 2.29. The van der Waals surface area contributed by atoms with Gasteiger partial charge in [-0.05, 0) is 43.7 Å². The fourth-order valence-corrected chi connectivity index (χ4v) is 5.15. The third-order valence-electron chi connectivity index (χ3n) is 6.90.